The minimum atomic E-state index is 0.694. The van der Waals surface area contributed by atoms with E-state index in [4.69, 9.17) is 14.4 Å². The van der Waals surface area contributed by atoms with Crippen molar-refractivity contribution in [2.45, 2.75) is 0 Å². The third-order valence-electron chi connectivity index (χ3n) is 9.31. The van der Waals surface area contributed by atoms with Gasteiger partial charge in [-0.2, -0.15) is 0 Å². The minimum absolute atomic E-state index is 0.694. The zero-order chi connectivity index (χ0) is 31.6. The third-order valence-corrected chi connectivity index (χ3v) is 10.5. The molecule has 0 saturated heterocycles. The van der Waals surface area contributed by atoms with Crippen LogP contribution >= 0.6 is 11.3 Å². The summed E-state index contributed by atoms with van der Waals surface area (Å²) >= 11 is 1.75. The number of furan rings is 1. The predicted molar refractivity (Wildman–Crippen MR) is 201 cm³/mol. The molecule has 0 bridgehead atoms. The first-order valence-corrected chi connectivity index (χ1v) is 16.9. The van der Waals surface area contributed by atoms with Gasteiger partial charge < -0.3 is 4.42 Å². The monoisotopic (exact) mass is 630 g/mol. The van der Waals surface area contributed by atoms with Gasteiger partial charge in [0.1, 0.15) is 11.2 Å². The van der Waals surface area contributed by atoms with Crippen molar-refractivity contribution in [1.29, 1.82) is 0 Å². The number of aromatic nitrogens is 2. The lowest BCUT2D eigenvalue weighted by Gasteiger charge is -2.11. The molecule has 4 heteroatoms. The number of hydrogen-bond donors (Lipinski definition) is 0. The van der Waals surface area contributed by atoms with Crippen LogP contribution in [0.15, 0.2) is 162 Å². The predicted octanol–water partition coefficient (Wildman–Crippen LogP) is 12.6. The molecule has 0 saturated carbocycles. The summed E-state index contributed by atoms with van der Waals surface area (Å²) < 4.78 is 8.97. The lowest BCUT2D eigenvalue weighted by atomic mass is 9.95. The quantitative estimate of drug-likeness (QED) is 0.194. The van der Waals surface area contributed by atoms with Crippen LogP contribution in [0.2, 0.25) is 0 Å². The van der Waals surface area contributed by atoms with Crippen molar-refractivity contribution in [1.82, 2.24) is 9.97 Å². The molecule has 0 amide bonds. The van der Waals surface area contributed by atoms with Crippen molar-refractivity contribution in [3.05, 3.63) is 158 Å². The second-order valence-corrected chi connectivity index (χ2v) is 13.2. The first kappa shape index (κ1) is 27.1. The van der Waals surface area contributed by atoms with Gasteiger partial charge in [-0.25, -0.2) is 9.97 Å². The smallest absolute Gasteiger partial charge is 0.161 e. The Labute approximate surface area is 280 Å². The second-order valence-electron chi connectivity index (χ2n) is 12.1. The Bertz CT molecular complexity index is 2830. The molecule has 3 nitrogen and oxygen atoms in total. The molecule has 0 aliphatic heterocycles. The van der Waals surface area contributed by atoms with Gasteiger partial charge in [-0.3, -0.25) is 0 Å². The number of thiophene rings is 1. The fourth-order valence-electron chi connectivity index (χ4n) is 6.96. The van der Waals surface area contributed by atoms with E-state index in [1.807, 2.05) is 18.2 Å². The summed E-state index contributed by atoms with van der Waals surface area (Å²) in [5, 5.41) is 5.72. The standard InChI is InChI=1S/C44H26N2OS/c1-2-11-30(12-3-1)40-43-41(35-15-7-9-17-38(35)48-43)46-44(45-40)36-25-24-33(42-39(36)34-14-6-8-16-37(34)47-42)29-21-18-28(19-22-29)32-23-20-27-10-4-5-13-31(27)26-32/h1-26H. The number of nitrogens with zero attached hydrogens (tertiary/aromatic N) is 2. The van der Waals surface area contributed by atoms with E-state index < -0.39 is 0 Å². The van der Waals surface area contributed by atoms with Gasteiger partial charge in [0, 0.05) is 37.5 Å². The van der Waals surface area contributed by atoms with Crippen LogP contribution in [0.4, 0.5) is 0 Å². The van der Waals surface area contributed by atoms with Crippen LogP contribution in [-0.2, 0) is 0 Å². The Kier molecular flexibility index (Phi) is 6.05. The van der Waals surface area contributed by atoms with E-state index in [0.29, 0.717) is 5.82 Å². The van der Waals surface area contributed by atoms with E-state index in [2.05, 4.69) is 140 Å². The topological polar surface area (TPSA) is 38.9 Å². The van der Waals surface area contributed by atoms with Gasteiger partial charge in [0.2, 0.25) is 0 Å². The summed E-state index contributed by atoms with van der Waals surface area (Å²) in [6.45, 7) is 0. The Morgan fingerprint density at radius 2 is 1.17 bits per heavy atom. The average Bonchev–Trinajstić information content (AvgIpc) is 3.73. The first-order chi connectivity index (χ1) is 23.8. The average molecular weight is 631 g/mol. The van der Waals surface area contributed by atoms with Crippen LogP contribution in [0.5, 0.6) is 0 Å². The molecule has 0 aliphatic rings. The number of benzene rings is 7. The number of hydrogen-bond acceptors (Lipinski definition) is 4. The Morgan fingerprint density at radius 3 is 2.04 bits per heavy atom. The highest BCUT2D eigenvalue weighted by molar-refractivity contribution is 7.26. The minimum Gasteiger partial charge on any atom is -0.455 e. The third kappa shape index (κ3) is 4.27. The van der Waals surface area contributed by atoms with E-state index in [1.165, 1.54) is 26.6 Å². The summed E-state index contributed by atoms with van der Waals surface area (Å²) in [6.07, 6.45) is 0. The maximum Gasteiger partial charge on any atom is 0.161 e. The van der Waals surface area contributed by atoms with Gasteiger partial charge in [-0.1, -0.05) is 127 Å². The van der Waals surface area contributed by atoms with Crippen molar-refractivity contribution in [3.8, 4) is 44.9 Å². The number of rotatable bonds is 4. The van der Waals surface area contributed by atoms with Gasteiger partial charge in [-0.05, 0) is 57.8 Å². The molecule has 0 aliphatic carbocycles. The molecule has 224 valence electrons. The molecule has 10 aromatic rings. The number of para-hydroxylation sites is 1. The molecule has 0 N–H and O–H groups in total. The fraction of sp³-hybridized carbons (Fsp3) is 0. The van der Waals surface area contributed by atoms with Crippen molar-refractivity contribution >= 4 is 64.4 Å². The molecule has 3 heterocycles. The summed E-state index contributed by atoms with van der Waals surface area (Å²) in [5.41, 5.74) is 10.2. The first-order valence-electron chi connectivity index (χ1n) is 16.1. The highest BCUT2D eigenvalue weighted by atomic mass is 32.1. The molecule has 0 fully saturated rings. The molecule has 3 aromatic heterocycles. The van der Waals surface area contributed by atoms with E-state index in [9.17, 15) is 0 Å². The molecule has 7 aromatic carbocycles. The van der Waals surface area contributed by atoms with E-state index in [-0.39, 0.29) is 0 Å². The molecule has 0 atom stereocenters. The SMILES string of the molecule is c1ccc(-c2nc(-c3ccc(-c4ccc(-c5ccc6ccccc6c5)cc4)c4oc5ccccc5c34)nc3c2sc2ccccc23)cc1. The Morgan fingerprint density at radius 1 is 0.479 bits per heavy atom. The maximum atomic E-state index is 6.67. The molecule has 10 rings (SSSR count). The van der Waals surface area contributed by atoms with Crippen LogP contribution in [-0.4, -0.2) is 9.97 Å². The lowest BCUT2D eigenvalue weighted by Crippen LogP contribution is -1.94. The summed E-state index contributed by atoms with van der Waals surface area (Å²) in [7, 11) is 0. The molecule has 48 heavy (non-hydrogen) atoms. The van der Waals surface area contributed by atoms with E-state index in [1.54, 1.807) is 11.3 Å². The van der Waals surface area contributed by atoms with E-state index >= 15 is 0 Å². The van der Waals surface area contributed by atoms with Crippen LogP contribution < -0.4 is 0 Å². The zero-order valence-corrected chi connectivity index (χ0v) is 26.5. The molecular weight excluding hydrogens is 605 g/mol. The fourth-order valence-corrected chi connectivity index (χ4v) is 8.11. The van der Waals surface area contributed by atoms with Crippen molar-refractivity contribution in [3.63, 3.8) is 0 Å². The van der Waals surface area contributed by atoms with Crippen LogP contribution in [0.25, 0.3) is 97.9 Å². The van der Waals surface area contributed by atoms with Crippen molar-refractivity contribution in [2.24, 2.45) is 0 Å². The van der Waals surface area contributed by atoms with Gasteiger partial charge >= 0.3 is 0 Å². The molecular formula is C44H26N2OS. The highest BCUT2D eigenvalue weighted by Crippen LogP contribution is 2.44. The summed E-state index contributed by atoms with van der Waals surface area (Å²) in [4.78, 5) is 10.6. The van der Waals surface area contributed by atoms with Crippen LogP contribution in [0.3, 0.4) is 0 Å². The van der Waals surface area contributed by atoms with Crippen LogP contribution in [0, 0.1) is 0 Å². The van der Waals surface area contributed by atoms with Crippen LogP contribution in [0.1, 0.15) is 0 Å². The highest BCUT2D eigenvalue weighted by Gasteiger charge is 2.21. The van der Waals surface area contributed by atoms with Crippen molar-refractivity contribution < 1.29 is 4.42 Å². The molecule has 0 radical (unpaired) electrons. The number of fused-ring (bicyclic) bond motifs is 7. The van der Waals surface area contributed by atoms with Gasteiger partial charge in [0.05, 0.1) is 15.9 Å². The molecule has 0 spiro atoms. The van der Waals surface area contributed by atoms with Crippen molar-refractivity contribution in [2.75, 3.05) is 0 Å². The van der Waals surface area contributed by atoms with E-state index in [0.717, 1.165) is 65.5 Å². The summed E-state index contributed by atoms with van der Waals surface area (Å²) in [6, 6.07) is 55.4. The second kappa shape index (κ2) is 10.7. The summed E-state index contributed by atoms with van der Waals surface area (Å²) in [5.74, 6) is 0.694. The largest absolute Gasteiger partial charge is 0.455 e. The zero-order valence-electron chi connectivity index (χ0n) is 25.7. The lowest BCUT2D eigenvalue weighted by molar-refractivity contribution is 0.670. The van der Waals surface area contributed by atoms with Gasteiger partial charge in [0.15, 0.2) is 5.82 Å². The maximum absolute atomic E-state index is 6.67. The van der Waals surface area contributed by atoms with Gasteiger partial charge in [0.25, 0.3) is 0 Å². The Balaban J connectivity index is 1.17. The Hall–Kier alpha value is -6.10. The normalized spacial score (nSPS) is 11.8. The molecule has 0 unspecified atom stereocenters. The van der Waals surface area contributed by atoms with Gasteiger partial charge in [-0.15, -0.1) is 11.3 Å².